The van der Waals surface area contributed by atoms with Crippen LogP contribution >= 0.6 is 0 Å². The molecule has 1 aliphatic carbocycles. The number of carbonyl (C=O) groups excluding carboxylic acids is 1. The number of nitrogens with zero attached hydrogens (tertiary/aromatic N) is 3. The van der Waals surface area contributed by atoms with Crippen LogP contribution < -0.4 is 5.32 Å². The molecule has 1 aromatic heterocycles. The van der Waals surface area contributed by atoms with Gasteiger partial charge in [0.1, 0.15) is 5.82 Å². The molecular weight excluding hydrogens is 355 g/mol. The molecule has 0 saturated carbocycles. The summed E-state index contributed by atoms with van der Waals surface area (Å²) in [7, 11) is 0. The van der Waals surface area contributed by atoms with Crippen molar-refractivity contribution in [1.82, 2.24) is 15.1 Å². The number of amides is 2. The van der Waals surface area contributed by atoms with Gasteiger partial charge in [0.2, 0.25) is 0 Å². The highest BCUT2D eigenvalue weighted by molar-refractivity contribution is 5.91. The van der Waals surface area contributed by atoms with Crippen LogP contribution in [0.25, 0.3) is 11.3 Å². The average Bonchev–Trinajstić information content (AvgIpc) is 3.31. The van der Waals surface area contributed by atoms with Crippen molar-refractivity contribution in [2.24, 2.45) is 0 Å². The summed E-state index contributed by atoms with van der Waals surface area (Å²) in [4.78, 5) is 14.7. The number of rotatable bonds is 2. The molecule has 1 aliphatic heterocycles. The number of carbonyl (C=O) groups is 1. The van der Waals surface area contributed by atoms with E-state index >= 15 is 0 Å². The highest BCUT2D eigenvalue weighted by Crippen LogP contribution is 2.50. The molecule has 5 rings (SSSR count). The smallest absolute Gasteiger partial charge is 0.317 e. The van der Waals surface area contributed by atoms with Gasteiger partial charge in [0.15, 0.2) is 0 Å². The highest BCUT2D eigenvalue weighted by Gasteiger charge is 2.44. The number of hydrogen-bond acceptors (Lipinski definition) is 3. The summed E-state index contributed by atoms with van der Waals surface area (Å²) >= 11 is 0. The predicted molar refractivity (Wildman–Crippen MR) is 104 cm³/mol. The van der Waals surface area contributed by atoms with Crippen molar-refractivity contribution in [3.8, 4) is 11.3 Å². The first-order valence-electron chi connectivity index (χ1n) is 9.36. The number of likely N-dealkylation sites (tertiary alicyclic amines) is 1. The van der Waals surface area contributed by atoms with Gasteiger partial charge in [0.05, 0.1) is 17.4 Å². The lowest BCUT2D eigenvalue weighted by molar-refractivity contribution is 0.204. The highest BCUT2D eigenvalue weighted by atomic mass is 19.1. The largest absolute Gasteiger partial charge is 0.322 e. The van der Waals surface area contributed by atoms with E-state index in [1.165, 1.54) is 17.2 Å². The maximum atomic E-state index is 14.6. The second-order valence-corrected chi connectivity index (χ2v) is 7.42. The van der Waals surface area contributed by atoms with Crippen LogP contribution in [0.15, 0.2) is 54.7 Å². The van der Waals surface area contributed by atoms with Crippen LogP contribution in [0, 0.1) is 12.7 Å². The number of halogens is 1. The van der Waals surface area contributed by atoms with Crippen molar-refractivity contribution in [2.45, 2.75) is 25.3 Å². The van der Waals surface area contributed by atoms with Crippen LogP contribution in [0.5, 0.6) is 0 Å². The fraction of sp³-hybridized carbons (Fsp3) is 0.227. The lowest BCUT2D eigenvalue weighted by atomic mass is 9.99. The van der Waals surface area contributed by atoms with Gasteiger partial charge < -0.3 is 10.2 Å². The quantitative estimate of drug-likeness (QED) is 0.709. The van der Waals surface area contributed by atoms with Gasteiger partial charge in [-0.05, 0) is 54.3 Å². The zero-order valence-corrected chi connectivity index (χ0v) is 15.4. The van der Waals surface area contributed by atoms with Gasteiger partial charge in [0.25, 0.3) is 0 Å². The average molecular weight is 374 g/mol. The number of nitrogens with one attached hydrogen (secondary N) is 1. The normalized spacial score (nSPS) is 19.6. The lowest BCUT2D eigenvalue weighted by Gasteiger charge is -2.29. The molecule has 2 aliphatic rings. The van der Waals surface area contributed by atoms with Crippen molar-refractivity contribution in [3.05, 3.63) is 77.2 Å². The maximum absolute atomic E-state index is 14.6. The number of aromatic nitrogens is 2. The minimum atomic E-state index is -0.455. The summed E-state index contributed by atoms with van der Waals surface area (Å²) in [6.45, 7) is 2.48. The molecule has 1 N–H and O–H groups in total. The SMILES string of the molecule is Cc1cc(F)c(NC(=O)N2C[C@@H]3C[C@H]2c2ccccc23)cc1-c1cccnn1. The molecular formula is C22H19FN4O. The lowest BCUT2D eigenvalue weighted by Crippen LogP contribution is -2.37. The molecule has 140 valence electrons. The number of aryl methyl sites for hydroxylation is 1. The first-order valence-corrected chi connectivity index (χ1v) is 9.36. The van der Waals surface area contributed by atoms with E-state index in [1.807, 2.05) is 30.0 Å². The number of benzene rings is 2. The molecule has 2 heterocycles. The Balaban J connectivity index is 1.42. The maximum Gasteiger partial charge on any atom is 0.322 e. The molecule has 0 spiro atoms. The summed E-state index contributed by atoms with van der Waals surface area (Å²) in [5.74, 6) is -0.0896. The van der Waals surface area contributed by atoms with E-state index < -0.39 is 5.82 Å². The third kappa shape index (κ3) is 2.64. The number of anilines is 1. The van der Waals surface area contributed by atoms with Gasteiger partial charge in [-0.15, -0.1) is 0 Å². The van der Waals surface area contributed by atoms with Crippen molar-refractivity contribution >= 4 is 11.7 Å². The Morgan fingerprint density at radius 3 is 2.79 bits per heavy atom. The summed E-state index contributed by atoms with van der Waals surface area (Å²) in [6.07, 6.45) is 2.53. The first-order chi connectivity index (χ1) is 13.6. The summed E-state index contributed by atoms with van der Waals surface area (Å²) in [6, 6.07) is 14.7. The van der Waals surface area contributed by atoms with E-state index in [-0.39, 0.29) is 17.8 Å². The molecule has 6 heteroatoms. The standard InChI is InChI=1S/C22H19FN4O/c1-13-9-18(23)20(11-17(13)19-7-4-8-24-26-19)25-22(28)27-12-14-10-21(27)16-6-3-2-5-15(14)16/h2-9,11,14,21H,10,12H2,1H3,(H,25,28)/t14-,21-/m0/s1. The third-order valence-corrected chi connectivity index (χ3v) is 5.76. The fourth-order valence-electron chi connectivity index (χ4n) is 4.44. The van der Waals surface area contributed by atoms with Crippen molar-refractivity contribution in [3.63, 3.8) is 0 Å². The van der Waals surface area contributed by atoms with Gasteiger partial charge in [0, 0.05) is 24.2 Å². The molecule has 28 heavy (non-hydrogen) atoms. The van der Waals surface area contributed by atoms with Crippen molar-refractivity contribution < 1.29 is 9.18 Å². The van der Waals surface area contributed by atoms with E-state index in [0.29, 0.717) is 18.2 Å². The minimum absolute atomic E-state index is 0.0640. The second kappa shape index (κ2) is 6.41. The molecule has 1 saturated heterocycles. The molecule has 2 bridgehead atoms. The molecule has 0 radical (unpaired) electrons. The van der Waals surface area contributed by atoms with Crippen LogP contribution in [-0.4, -0.2) is 27.7 Å². The van der Waals surface area contributed by atoms with Gasteiger partial charge in [-0.3, -0.25) is 0 Å². The molecule has 1 fully saturated rings. The first kappa shape index (κ1) is 16.9. The van der Waals surface area contributed by atoms with Crippen molar-refractivity contribution in [1.29, 1.82) is 0 Å². The number of urea groups is 1. The Hall–Kier alpha value is -3.28. The molecule has 5 nitrogen and oxygen atoms in total. The predicted octanol–water partition coefficient (Wildman–Crippen LogP) is 4.67. The van der Waals surface area contributed by atoms with Gasteiger partial charge in [-0.25, -0.2) is 9.18 Å². The molecule has 2 atom stereocenters. The second-order valence-electron chi connectivity index (χ2n) is 7.42. The van der Waals surface area contributed by atoms with Crippen LogP contribution in [0.1, 0.15) is 35.1 Å². The zero-order chi connectivity index (χ0) is 19.3. The van der Waals surface area contributed by atoms with Crippen LogP contribution in [-0.2, 0) is 0 Å². The topological polar surface area (TPSA) is 58.1 Å². The van der Waals surface area contributed by atoms with Crippen LogP contribution in [0.3, 0.4) is 0 Å². The van der Waals surface area contributed by atoms with Gasteiger partial charge in [-0.1, -0.05) is 24.3 Å². The van der Waals surface area contributed by atoms with Gasteiger partial charge in [-0.2, -0.15) is 10.2 Å². The van der Waals surface area contributed by atoms with E-state index in [0.717, 1.165) is 17.5 Å². The Morgan fingerprint density at radius 1 is 1.18 bits per heavy atom. The Labute approximate surface area is 162 Å². The molecule has 2 aromatic carbocycles. The van der Waals surface area contributed by atoms with Crippen LogP contribution in [0.4, 0.5) is 14.9 Å². The van der Waals surface area contributed by atoms with Crippen LogP contribution in [0.2, 0.25) is 0 Å². The van der Waals surface area contributed by atoms with E-state index in [9.17, 15) is 9.18 Å². The molecule has 0 unspecified atom stereocenters. The summed E-state index contributed by atoms with van der Waals surface area (Å²) in [5, 5.41) is 10.8. The van der Waals surface area contributed by atoms with E-state index in [2.05, 4.69) is 27.6 Å². The Kier molecular flexibility index (Phi) is 3.86. The van der Waals surface area contributed by atoms with E-state index in [4.69, 9.17) is 0 Å². The van der Waals surface area contributed by atoms with Crippen molar-refractivity contribution in [2.75, 3.05) is 11.9 Å². The van der Waals surface area contributed by atoms with Gasteiger partial charge >= 0.3 is 6.03 Å². The Bertz CT molecular complexity index is 1070. The monoisotopic (exact) mass is 374 g/mol. The van der Waals surface area contributed by atoms with E-state index in [1.54, 1.807) is 18.3 Å². The number of fused-ring (bicyclic) bond motifs is 5. The molecule has 2 amide bonds. The Morgan fingerprint density at radius 2 is 2.00 bits per heavy atom. The summed E-state index contributed by atoms with van der Waals surface area (Å²) < 4.78 is 14.6. The summed E-state index contributed by atoms with van der Waals surface area (Å²) in [5.41, 5.74) is 4.83. The number of hydrogen-bond donors (Lipinski definition) is 1. The minimum Gasteiger partial charge on any atom is -0.317 e. The fourth-order valence-corrected chi connectivity index (χ4v) is 4.44. The third-order valence-electron chi connectivity index (χ3n) is 5.76. The molecule has 3 aromatic rings. The zero-order valence-electron chi connectivity index (χ0n) is 15.4.